The molecule has 1 aliphatic heterocycles. The average molecular weight is 461 g/mol. The standard InChI is InChI=1S/C26H36O7/c1-26(2,3)33-24(28)7-5-6-18(27)10-13-20-21-14-25(29)32-23(21)15-22(20)31-16-17-8-11-19(30-4)12-9-17/h8-13,18,20-23,27H,5-7,14-16H2,1-4H3/b13-10+/t18-,20+,21-,22-,23+/m1/s1. The van der Waals surface area contributed by atoms with Crippen LogP contribution in [-0.4, -0.2) is 48.1 Å². The van der Waals surface area contributed by atoms with E-state index in [4.69, 9.17) is 18.9 Å². The van der Waals surface area contributed by atoms with Crippen LogP contribution in [0.4, 0.5) is 0 Å². The lowest BCUT2D eigenvalue weighted by molar-refractivity contribution is -0.155. The van der Waals surface area contributed by atoms with E-state index in [0.29, 0.717) is 32.3 Å². The molecule has 0 unspecified atom stereocenters. The number of rotatable bonds is 10. The van der Waals surface area contributed by atoms with E-state index in [1.165, 1.54) is 0 Å². The Morgan fingerprint density at radius 3 is 2.67 bits per heavy atom. The summed E-state index contributed by atoms with van der Waals surface area (Å²) in [6.07, 6.45) is 5.10. The molecule has 1 aromatic rings. The highest BCUT2D eigenvalue weighted by Gasteiger charge is 2.49. The molecule has 1 N–H and O–H groups in total. The molecule has 3 rings (SSSR count). The van der Waals surface area contributed by atoms with Gasteiger partial charge in [-0.15, -0.1) is 0 Å². The van der Waals surface area contributed by atoms with Crippen molar-refractivity contribution >= 4 is 11.9 Å². The average Bonchev–Trinajstić information content (AvgIpc) is 3.25. The van der Waals surface area contributed by atoms with Gasteiger partial charge < -0.3 is 24.1 Å². The Morgan fingerprint density at radius 2 is 2.00 bits per heavy atom. The van der Waals surface area contributed by atoms with Crippen LogP contribution in [0.1, 0.15) is 58.4 Å². The van der Waals surface area contributed by atoms with E-state index in [1.54, 1.807) is 13.2 Å². The topological polar surface area (TPSA) is 91.3 Å². The molecule has 0 bridgehead atoms. The van der Waals surface area contributed by atoms with E-state index < -0.39 is 11.7 Å². The molecule has 1 aromatic carbocycles. The Labute approximate surface area is 196 Å². The first-order valence-electron chi connectivity index (χ1n) is 11.7. The maximum atomic E-state index is 11.8. The molecule has 0 radical (unpaired) electrons. The van der Waals surface area contributed by atoms with Gasteiger partial charge in [0.05, 0.1) is 32.3 Å². The lowest BCUT2D eigenvalue weighted by Crippen LogP contribution is -2.24. The number of benzene rings is 1. The normalized spacial score (nSPS) is 25.7. The smallest absolute Gasteiger partial charge is 0.306 e. The van der Waals surface area contributed by atoms with Gasteiger partial charge in [0, 0.05) is 24.7 Å². The van der Waals surface area contributed by atoms with E-state index in [0.717, 1.165) is 11.3 Å². The van der Waals surface area contributed by atoms with Crippen molar-refractivity contribution in [3.8, 4) is 5.75 Å². The number of aliphatic hydroxyl groups excluding tert-OH is 1. The minimum atomic E-state index is -0.674. The van der Waals surface area contributed by atoms with E-state index >= 15 is 0 Å². The van der Waals surface area contributed by atoms with Crippen molar-refractivity contribution in [2.45, 2.75) is 83.4 Å². The lowest BCUT2D eigenvalue weighted by Gasteiger charge is -2.21. The molecule has 182 valence electrons. The third-order valence-corrected chi connectivity index (χ3v) is 6.03. The zero-order valence-electron chi connectivity index (χ0n) is 20.0. The summed E-state index contributed by atoms with van der Waals surface area (Å²) in [5.41, 5.74) is 0.533. The third kappa shape index (κ3) is 7.57. The molecule has 0 spiro atoms. The second-order valence-electron chi connectivity index (χ2n) is 9.84. The molecule has 7 heteroatoms. The van der Waals surface area contributed by atoms with Crippen molar-refractivity contribution < 1.29 is 33.6 Å². The lowest BCUT2D eigenvalue weighted by atomic mass is 9.91. The largest absolute Gasteiger partial charge is 0.497 e. The number of fused-ring (bicyclic) bond motifs is 1. The molecule has 33 heavy (non-hydrogen) atoms. The maximum Gasteiger partial charge on any atom is 0.306 e. The molecule has 0 amide bonds. The van der Waals surface area contributed by atoms with Gasteiger partial charge in [-0.2, -0.15) is 0 Å². The van der Waals surface area contributed by atoms with E-state index in [-0.39, 0.29) is 42.4 Å². The molecule has 2 aliphatic rings. The SMILES string of the molecule is COc1ccc(CO[C@@H]2C[C@@H]3OC(=O)C[C@@H]3[C@@H]2/C=C/[C@H](O)CCCC(=O)OC(C)(C)C)cc1. The zero-order valence-corrected chi connectivity index (χ0v) is 20.0. The first-order valence-corrected chi connectivity index (χ1v) is 11.7. The number of ether oxygens (including phenoxy) is 4. The van der Waals surface area contributed by atoms with Gasteiger partial charge in [-0.3, -0.25) is 9.59 Å². The van der Waals surface area contributed by atoms with Crippen LogP contribution in [0.2, 0.25) is 0 Å². The van der Waals surface area contributed by atoms with Crippen molar-refractivity contribution in [2.75, 3.05) is 7.11 Å². The number of aliphatic hydroxyl groups is 1. The van der Waals surface area contributed by atoms with Crippen LogP contribution < -0.4 is 4.74 Å². The fourth-order valence-electron chi connectivity index (χ4n) is 4.47. The predicted octanol–water partition coefficient (Wildman–Crippen LogP) is 3.96. The van der Waals surface area contributed by atoms with Crippen LogP contribution >= 0.6 is 0 Å². The molecule has 1 saturated carbocycles. The minimum absolute atomic E-state index is 0.0137. The Morgan fingerprint density at radius 1 is 1.27 bits per heavy atom. The Hall–Kier alpha value is -2.38. The van der Waals surface area contributed by atoms with E-state index in [9.17, 15) is 14.7 Å². The summed E-state index contributed by atoms with van der Waals surface area (Å²) in [6, 6.07) is 7.73. The third-order valence-electron chi connectivity index (χ3n) is 6.03. The van der Waals surface area contributed by atoms with Gasteiger partial charge in [0.25, 0.3) is 0 Å². The molecule has 1 saturated heterocycles. The van der Waals surface area contributed by atoms with Crippen molar-refractivity contribution in [3.05, 3.63) is 42.0 Å². The summed E-state index contributed by atoms with van der Waals surface area (Å²) in [4.78, 5) is 23.6. The Bertz CT molecular complexity index is 824. The summed E-state index contributed by atoms with van der Waals surface area (Å²) in [5, 5.41) is 10.4. The Kier molecular flexibility index (Phi) is 8.54. The fourth-order valence-corrected chi connectivity index (χ4v) is 4.47. The van der Waals surface area contributed by atoms with Gasteiger partial charge in [-0.05, 0) is 51.3 Å². The number of methoxy groups -OCH3 is 1. The van der Waals surface area contributed by atoms with Crippen LogP contribution in [0, 0.1) is 11.8 Å². The predicted molar refractivity (Wildman–Crippen MR) is 123 cm³/mol. The number of esters is 2. The van der Waals surface area contributed by atoms with Crippen LogP contribution in [0.3, 0.4) is 0 Å². The minimum Gasteiger partial charge on any atom is -0.497 e. The number of hydrogen-bond acceptors (Lipinski definition) is 7. The second kappa shape index (κ2) is 11.2. The molecule has 0 aromatic heterocycles. The summed E-state index contributed by atoms with van der Waals surface area (Å²) < 4.78 is 22.2. The zero-order chi connectivity index (χ0) is 24.0. The van der Waals surface area contributed by atoms with Gasteiger partial charge in [0.2, 0.25) is 0 Å². The monoisotopic (exact) mass is 460 g/mol. The fraction of sp³-hybridized carbons (Fsp3) is 0.615. The Balaban J connectivity index is 1.53. The highest BCUT2D eigenvalue weighted by Crippen LogP contribution is 2.43. The van der Waals surface area contributed by atoms with Gasteiger partial charge in [0.1, 0.15) is 17.5 Å². The van der Waals surface area contributed by atoms with Gasteiger partial charge in [-0.25, -0.2) is 0 Å². The number of hydrogen-bond donors (Lipinski definition) is 1. The van der Waals surface area contributed by atoms with Gasteiger partial charge in [0.15, 0.2) is 0 Å². The van der Waals surface area contributed by atoms with Gasteiger partial charge >= 0.3 is 11.9 Å². The van der Waals surface area contributed by atoms with Crippen molar-refractivity contribution in [1.82, 2.24) is 0 Å². The maximum absolute atomic E-state index is 11.8. The molecule has 5 atom stereocenters. The summed E-state index contributed by atoms with van der Waals surface area (Å²) in [5.74, 6) is 0.409. The highest BCUT2D eigenvalue weighted by atomic mass is 16.6. The molecule has 2 fully saturated rings. The van der Waals surface area contributed by atoms with Gasteiger partial charge in [-0.1, -0.05) is 24.3 Å². The van der Waals surface area contributed by atoms with Crippen molar-refractivity contribution in [1.29, 1.82) is 0 Å². The highest BCUT2D eigenvalue weighted by molar-refractivity contribution is 5.72. The number of carbonyl (C=O) groups is 2. The van der Waals surface area contributed by atoms with E-state index in [2.05, 4.69) is 0 Å². The first kappa shape index (κ1) is 25.2. The number of carbonyl (C=O) groups excluding carboxylic acids is 2. The van der Waals surface area contributed by atoms with Crippen molar-refractivity contribution in [2.24, 2.45) is 11.8 Å². The molecule has 7 nitrogen and oxygen atoms in total. The van der Waals surface area contributed by atoms with Crippen LogP contribution in [-0.2, 0) is 30.4 Å². The van der Waals surface area contributed by atoms with Crippen molar-refractivity contribution in [3.63, 3.8) is 0 Å². The first-order chi connectivity index (χ1) is 15.6. The second-order valence-corrected chi connectivity index (χ2v) is 9.84. The summed E-state index contributed by atoms with van der Waals surface area (Å²) in [6.45, 7) is 5.96. The van der Waals surface area contributed by atoms with Crippen LogP contribution in [0.25, 0.3) is 0 Å². The molecule has 1 heterocycles. The molecular formula is C26H36O7. The van der Waals surface area contributed by atoms with E-state index in [1.807, 2.05) is 51.1 Å². The summed E-state index contributed by atoms with van der Waals surface area (Å²) in [7, 11) is 1.63. The molecule has 1 aliphatic carbocycles. The quantitative estimate of drug-likeness (QED) is 0.417. The molecular weight excluding hydrogens is 424 g/mol. The van der Waals surface area contributed by atoms with Crippen LogP contribution in [0.15, 0.2) is 36.4 Å². The summed E-state index contributed by atoms with van der Waals surface area (Å²) >= 11 is 0. The van der Waals surface area contributed by atoms with Crippen LogP contribution in [0.5, 0.6) is 5.75 Å².